The molecule has 0 aliphatic carbocycles. The molecule has 2 aromatic heterocycles. The Kier molecular flexibility index (Phi) is 11.9. The number of rotatable bonds is 12. The van der Waals surface area contributed by atoms with Crippen molar-refractivity contribution in [3.05, 3.63) is 102 Å². The van der Waals surface area contributed by atoms with Gasteiger partial charge >= 0.3 is 12.2 Å². The first-order valence-electron chi connectivity index (χ1n) is 22.1. The van der Waals surface area contributed by atoms with Gasteiger partial charge < -0.3 is 44.4 Å². The number of imidazole rings is 2. The number of alkyl carbamates (subject to hydrolysis) is 1. The van der Waals surface area contributed by atoms with Crippen molar-refractivity contribution < 1.29 is 38.5 Å². The Morgan fingerprint density at radius 1 is 0.985 bits per heavy atom. The van der Waals surface area contributed by atoms with E-state index in [1.165, 1.54) is 14.2 Å². The number of methoxy groups -OCH3 is 2. The van der Waals surface area contributed by atoms with Crippen LogP contribution in [0.2, 0.25) is 0 Å². The summed E-state index contributed by atoms with van der Waals surface area (Å²) >= 11 is 0. The molecule has 0 radical (unpaired) electrons. The average molecular weight is 883 g/mol. The lowest BCUT2D eigenvalue weighted by Crippen LogP contribution is -2.53. The second-order valence-electron chi connectivity index (χ2n) is 17.7. The average Bonchev–Trinajstić information content (AvgIpc) is 4.14. The number of benzene rings is 4. The molecule has 0 unspecified atom stereocenters. The summed E-state index contributed by atoms with van der Waals surface area (Å²) in [5, 5.41) is 14.3. The Labute approximate surface area is 376 Å². The van der Waals surface area contributed by atoms with E-state index in [0.29, 0.717) is 50.5 Å². The number of fused-ring (bicyclic) bond motifs is 6. The number of ether oxygens (including phenoxy) is 3. The lowest BCUT2D eigenvalue weighted by atomic mass is 9.92. The van der Waals surface area contributed by atoms with Crippen LogP contribution in [0.5, 0.6) is 5.75 Å². The Hall–Kier alpha value is -6.94. The molecule has 65 heavy (non-hydrogen) atoms. The number of carbonyl (C=O) groups is 4. The number of likely N-dealkylation sites (N-methyl/N-ethyl adjacent to an activating group) is 1. The smallest absolute Gasteiger partial charge is 0.407 e. The van der Waals surface area contributed by atoms with Gasteiger partial charge in [-0.25, -0.2) is 19.6 Å². The number of aromatic amines is 2. The first kappa shape index (κ1) is 43.3. The summed E-state index contributed by atoms with van der Waals surface area (Å²) in [7, 11) is 4.39. The fraction of sp³-hybridized carbons (Fsp3) is 0.388. The topological polar surface area (TPSA) is 195 Å². The van der Waals surface area contributed by atoms with Gasteiger partial charge in [-0.05, 0) is 77.1 Å². The molecular weight excluding hydrogens is 829 g/mol. The molecule has 0 saturated carbocycles. The highest BCUT2D eigenvalue weighted by Crippen LogP contribution is 2.44. The van der Waals surface area contributed by atoms with Crippen LogP contribution in [-0.4, -0.2) is 117 Å². The van der Waals surface area contributed by atoms with Crippen LogP contribution in [-0.2, 0) is 32.1 Å². The third-order valence-electron chi connectivity index (χ3n) is 13.2. The summed E-state index contributed by atoms with van der Waals surface area (Å²) in [5.41, 5.74) is 7.16. The standard InChI is InChI=1S/C49H54N8O8/c1-27(2)44(55(3)49(61)62)47(59)56-17-9-12-33(56)21-41-50-23-38(51-41)31-13-15-34-32(19-31)26-65-40-22-35-30(20-36(34)40)14-16-37-43(35)53-45(52-37)39-18-28(25-63-4)24-57(39)46(58)42(54-48(60)64-5)29-10-7-6-8-11-29/h6-8,10-11,13-16,19-20,22-23,27-28,33,39,42,44H,9,12,17-18,21,24-26H2,1-5H3,(H,50,51)(H,52,53)(H,54,60)(H,61,62)/t28-,33-,39-,42+,44-/m0/s1. The highest BCUT2D eigenvalue weighted by molar-refractivity contribution is 6.07. The zero-order valence-corrected chi connectivity index (χ0v) is 37.2. The molecular formula is C49H54N8O8. The van der Waals surface area contributed by atoms with E-state index in [1.54, 1.807) is 12.0 Å². The minimum atomic E-state index is -1.12. The van der Waals surface area contributed by atoms with Crippen LogP contribution in [0.15, 0.2) is 79.0 Å². The first-order valence-corrected chi connectivity index (χ1v) is 22.1. The van der Waals surface area contributed by atoms with E-state index in [4.69, 9.17) is 24.2 Å². The van der Waals surface area contributed by atoms with Crippen molar-refractivity contribution in [3.63, 3.8) is 0 Å². The summed E-state index contributed by atoms with van der Waals surface area (Å²) in [6, 6.07) is 21.6. The number of carbonyl (C=O) groups excluding carboxylic acids is 3. The lowest BCUT2D eigenvalue weighted by molar-refractivity contribution is -0.138. The van der Waals surface area contributed by atoms with Gasteiger partial charge in [0, 0.05) is 56.6 Å². The van der Waals surface area contributed by atoms with E-state index in [1.807, 2.05) is 67.4 Å². The summed E-state index contributed by atoms with van der Waals surface area (Å²) in [6.45, 7) is 5.61. The minimum absolute atomic E-state index is 0.0586. The highest BCUT2D eigenvalue weighted by Gasteiger charge is 2.42. The van der Waals surface area contributed by atoms with Gasteiger partial charge in [-0.3, -0.25) is 14.5 Å². The van der Waals surface area contributed by atoms with Crippen LogP contribution >= 0.6 is 0 Å². The van der Waals surface area contributed by atoms with Gasteiger partial charge in [0.25, 0.3) is 5.91 Å². The molecule has 338 valence electrons. The zero-order valence-electron chi connectivity index (χ0n) is 37.2. The molecule has 6 aromatic rings. The fourth-order valence-electron chi connectivity index (χ4n) is 10.0. The number of hydrogen-bond acceptors (Lipinski definition) is 9. The third-order valence-corrected chi connectivity index (χ3v) is 13.2. The number of H-pyrrole nitrogens is 2. The van der Waals surface area contributed by atoms with Crippen LogP contribution < -0.4 is 10.1 Å². The maximum absolute atomic E-state index is 14.4. The maximum atomic E-state index is 14.4. The van der Waals surface area contributed by atoms with Crippen LogP contribution in [0.25, 0.3) is 44.2 Å². The molecule has 5 atom stereocenters. The normalized spacial score (nSPS) is 18.9. The molecule has 2 saturated heterocycles. The predicted molar refractivity (Wildman–Crippen MR) is 243 cm³/mol. The van der Waals surface area contributed by atoms with Crippen molar-refractivity contribution in [3.8, 4) is 28.1 Å². The number of hydrogen-bond donors (Lipinski definition) is 4. The van der Waals surface area contributed by atoms with E-state index in [2.05, 4.69) is 45.6 Å². The SMILES string of the molecule is COC[C@H]1C[C@@H](c2nc3c(ccc4cc5c(cc43)OCc3cc(-c4cnc(C[C@@H]6CCCN6C(=O)[C@H](C(C)C)N(C)C(=O)O)[nH]4)ccc3-5)[nH]2)N(C(=O)[C@H](NC(=O)OC)c2ccccc2)C1. The summed E-state index contributed by atoms with van der Waals surface area (Å²) in [4.78, 5) is 73.9. The Morgan fingerprint density at radius 2 is 1.80 bits per heavy atom. The lowest BCUT2D eigenvalue weighted by Gasteiger charge is -2.34. The molecule has 5 heterocycles. The van der Waals surface area contributed by atoms with E-state index in [-0.39, 0.29) is 29.7 Å². The number of likely N-dealkylation sites (tertiary alicyclic amines) is 2. The van der Waals surface area contributed by atoms with Crippen LogP contribution in [0.1, 0.15) is 68.0 Å². The second-order valence-corrected chi connectivity index (χ2v) is 17.7. The second kappa shape index (κ2) is 17.9. The monoisotopic (exact) mass is 882 g/mol. The van der Waals surface area contributed by atoms with Gasteiger partial charge in [-0.15, -0.1) is 0 Å². The van der Waals surface area contributed by atoms with Gasteiger partial charge in [0.05, 0.1) is 42.7 Å². The number of nitrogens with zero attached hydrogens (tertiary/aromatic N) is 5. The Bertz CT molecular complexity index is 2770. The van der Waals surface area contributed by atoms with Gasteiger partial charge in [0.15, 0.2) is 0 Å². The first-order chi connectivity index (χ1) is 31.4. The largest absolute Gasteiger partial charge is 0.488 e. The molecule has 3 aliphatic heterocycles. The molecule has 2 fully saturated rings. The molecule has 16 heteroatoms. The maximum Gasteiger partial charge on any atom is 0.407 e. The van der Waals surface area contributed by atoms with Crippen LogP contribution in [0.4, 0.5) is 9.59 Å². The number of amides is 4. The molecule has 0 bridgehead atoms. The summed E-state index contributed by atoms with van der Waals surface area (Å²) in [5.74, 6) is 1.64. The molecule has 9 rings (SSSR count). The number of aromatic nitrogens is 4. The van der Waals surface area contributed by atoms with Gasteiger partial charge in [0.1, 0.15) is 36.1 Å². The van der Waals surface area contributed by atoms with Crippen LogP contribution in [0.3, 0.4) is 0 Å². The molecule has 16 nitrogen and oxygen atoms in total. The van der Waals surface area contributed by atoms with Crippen LogP contribution in [0, 0.1) is 11.8 Å². The van der Waals surface area contributed by atoms with Crippen molar-refractivity contribution in [2.75, 3.05) is 41.0 Å². The molecule has 4 amide bonds. The van der Waals surface area contributed by atoms with E-state index in [0.717, 1.165) is 79.1 Å². The van der Waals surface area contributed by atoms with Gasteiger partial charge in [-0.2, -0.15) is 0 Å². The molecule has 4 N–H and O–H groups in total. The number of nitrogens with one attached hydrogen (secondary N) is 3. The van der Waals surface area contributed by atoms with Gasteiger partial charge in [-0.1, -0.05) is 62.4 Å². The van der Waals surface area contributed by atoms with Gasteiger partial charge in [0.2, 0.25) is 5.91 Å². The quantitative estimate of drug-likeness (QED) is 0.0958. The van der Waals surface area contributed by atoms with E-state index < -0.39 is 30.3 Å². The third kappa shape index (κ3) is 8.34. The zero-order chi connectivity index (χ0) is 45.5. The fourth-order valence-corrected chi connectivity index (χ4v) is 10.0. The van der Waals surface area contributed by atoms with Crippen molar-refractivity contribution in [1.82, 2.24) is 40.0 Å². The Morgan fingerprint density at radius 3 is 2.55 bits per heavy atom. The van der Waals surface area contributed by atoms with Crippen molar-refractivity contribution >= 4 is 45.8 Å². The van der Waals surface area contributed by atoms with Crippen molar-refractivity contribution in [2.24, 2.45) is 11.8 Å². The molecule has 4 aromatic carbocycles. The van der Waals surface area contributed by atoms with E-state index >= 15 is 0 Å². The minimum Gasteiger partial charge on any atom is -0.488 e. The van der Waals surface area contributed by atoms with E-state index in [9.17, 15) is 24.3 Å². The van der Waals surface area contributed by atoms with Crippen molar-refractivity contribution in [2.45, 2.75) is 70.3 Å². The predicted octanol–water partition coefficient (Wildman–Crippen LogP) is 7.47. The molecule has 3 aliphatic rings. The Balaban J connectivity index is 0.956. The summed E-state index contributed by atoms with van der Waals surface area (Å²) < 4.78 is 16.9. The van der Waals surface area contributed by atoms with Crippen molar-refractivity contribution in [1.29, 1.82) is 0 Å². The highest BCUT2D eigenvalue weighted by atomic mass is 16.5. The molecule has 0 spiro atoms. The number of carboxylic acid groups (broad SMARTS) is 1. The summed E-state index contributed by atoms with van der Waals surface area (Å²) in [6.07, 6.45) is 2.85.